The number of piperazine rings is 1. The number of hydrogen-bond donors (Lipinski definition) is 1. The van der Waals surface area contributed by atoms with E-state index in [2.05, 4.69) is 0 Å². The molecule has 7 heteroatoms. The Bertz CT molecular complexity index is 550. The number of hydrogen-bond acceptors (Lipinski definition) is 4. The number of benzene rings is 1. The standard InChI is InChI=1S/C17H24N2O3.CH2O2/c1-3-22-12-11-19-14(2)17(21)18(13-16(19)20)10-9-15-7-5-4-6-8-15;2-1-3/h4-8,14H,3,9-13H2,1-2H3;1H,(H,2,3)/t14-;/m0./s1. The highest BCUT2D eigenvalue weighted by atomic mass is 16.5. The summed E-state index contributed by atoms with van der Waals surface area (Å²) in [5.41, 5.74) is 1.18. The summed E-state index contributed by atoms with van der Waals surface area (Å²) in [6, 6.07) is 9.60. The molecule has 1 N–H and O–H groups in total. The highest BCUT2D eigenvalue weighted by Gasteiger charge is 2.35. The normalized spacial score (nSPS) is 17.1. The van der Waals surface area contributed by atoms with Crippen molar-refractivity contribution in [1.82, 2.24) is 9.80 Å². The number of ether oxygens (including phenoxy) is 1. The van der Waals surface area contributed by atoms with Crippen LogP contribution < -0.4 is 0 Å². The lowest BCUT2D eigenvalue weighted by Crippen LogP contribution is -2.59. The second kappa shape index (κ2) is 11.2. The van der Waals surface area contributed by atoms with Crippen LogP contribution in [0.3, 0.4) is 0 Å². The Hall–Kier alpha value is -2.41. The molecule has 1 saturated heterocycles. The molecule has 1 aliphatic heterocycles. The summed E-state index contributed by atoms with van der Waals surface area (Å²) in [6.07, 6.45) is 0.769. The van der Waals surface area contributed by atoms with Crippen molar-refractivity contribution in [3.8, 4) is 0 Å². The second-order valence-corrected chi connectivity index (χ2v) is 5.56. The van der Waals surface area contributed by atoms with Crippen molar-refractivity contribution < 1.29 is 24.2 Å². The fraction of sp³-hybridized carbons (Fsp3) is 0.500. The van der Waals surface area contributed by atoms with Gasteiger partial charge in [0.15, 0.2) is 0 Å². The van der Waals surface area contributed by atoms with E-state index in [1.165, 1.54) is 5.56 Å². The molecule has 1 aliphatic rings. The van der Waals surface area contributed by atoms with Crippen molar-refractivity contribution in [1.29, 1.82) is 0 Å². The van der Waals surface area contributed by atoms with Crippen LogP contribution in [0.5, 0.6) is 0 Å². The van der Waals surface area contributed by atoms with Crippen molar-refractivity contribution in [2.45, 2.75) is 26.3 Å². The smallest absolute Gasteiger partial charge is 0.290 e. The molecule has 0 aromatic heterocycles. The van der Waals surface area contributed by atoms with Crippen LogP contribution in [0.4, 0.5) is 0 Å². The molecule has 0 radical (unpaired) electrons. The topological polar surface area (TPSA) is 87.2 Å². The van der Waals surface area contributed by atoms with E-state index in [0.717, 1.165) is 6.42 Å². The van der Waals surface area contributed by atoms with Gasteiger partial charge < -0.3 is 19.6 Å². The molecular weight excluding hydrogens is 324 g/mol. The Balaban J connectivity index is 0.000000970. The molecule has 2 rings (SSSR count). The molecule has 1 heterocycles. The summed E-state index contributed by atoms with van der Waals surface area (Å²) < 4.78 is 5.28. The van der Waals surface area contributed by atoms with Crippen LogP contribution in [0.2, 0.25) is 0 Å². The molecule has 138 valence electrons. The van der Waals surface area contributed by atoms with E-state index in [0.29, 0.717) is 26.3 Å². The maximum atomic E-state index is 12.4. The van der Waals surface area contributed by atoms with Crippen LogP contribution in [0.25, 0.3) is 0 Å². The maximum Gasteiger partial charge on any atom is 0.290 e. The molecule has 25 heavy (non-hydrogen) atoms. The van der Waals surface area contributed by atoms with Crippen molar-refractivity contribution in [2.75, 3.05) is 32.8 Å². The number of carbonyl (C=O) groups is 3. The van der Waals surface area contributed by atoms with Gasteiger partial charge in [0.2, 0.25) is 11.8 Å². The second-order valence-electron chi connectivity index (χ2n) is 5.56. The van der Waals surface area contributed by atoms with Gasteiger partial charge in [0.1, 0.15) is 6.04 Å². The maximum absolute atomic E-state index is 12.4. The first kappa shape index (κ1) is 20.6. The van der Waals surface area contributed by atoms with Crippen LogP contribution in [-0.4, -0.2) is 72.1 Å². The Morgan fingerprint density at radius 1 is 1.24 bits per heavy atom. The Labute approximate surface area is 148 Å². The van der Waals surface area contributed by atoms with Gasteiger partial charge in [0, 0.05) is 19.7 Å². The van der Waals surface area contributed by atoms with Gasteiger partial charge in [-0.2, -0.15) is 0 Å². The monoisotopic (exact) mass is 350 g/mol. The van der Waals surface area contributed by atoms with Crippen LogP contribution in [-0.2, 0) is 25.5 Å². The molecular formula is C18H26N2O5. The zero-order valence-electron chi connectivity index (χ0n) is 14.8. The lowest BCUT2D eigenvalue weighted by molar-refractivity contribution is -0.155. The molecule has 2 amide bonds. The van der Waals surface area contributed by atoms with Gasteiger partial charge in [-0.25, -0.2) is 0 Å². The van der Waals surface area contributed by atoms with E-state index in [1.54, 1.807) is 16.7 Å². The van der Waals surface area contributed by atoms with E-state index < -0.39 is 6.04 Å². The molecule has 0 saturated carbocycles. The predicted octanol–water partition coefficient (Wildman–Crippen LogP) is 1.03. The first-order chi connectivity index (χ1) is 12.0. The molecule has 0 unspecified atom stereocenters. The Kier molecular flexibility index (Phi) is 9.24. The molecule has 1 atom stereocenters. The van der Waals surface area contributed by atoms with E-state index in [4.69, 9.17) is 14.6 Å². The minimum atomic E-state index is -0.405. The largest absolute Gasteiger partial charge is 0.483 e. The average Bonchev–Trinajstić information content (AvgIpc) is 2.61. The molecule has 0 aliphatic carbocycles. The zero-order chi connectivity index (χ0) is 18.7. The summed E-state index contributed by atoms with van der Waals surface area (Å²) >= 11 is 0. The van der Waals surface area contributed by atoms with Crippen molar-refractivity contribution in [3.05, 3.63) is 35.9 Å². The van der Waals surface area contributed by atoms with Crippen molar-refractivity contribution in [3.63, 3.8) is 0 Å². The average molecular weight is 350 g/mol. The fourth-order valence-corrected chi connectivity index (χ4v) is 2.67. The van der Waals surface area contributed by atoms with E-state index in [1.807, 2.05) is 37.3 Å². The minimum absolute atomic E-state index is 0.000125. The van der Waals surface area contributed by atoms with Crippen LogP contribution in [0.15, 0.2) is 30.3 Å². The third-order valence-corrected chi connectivity index (χ3v) is 3.98. The molecule has 7 nitrogen and oxygen atoms in total. The fourth-order valence-electron chi connectivity index (χ4n) is 2.67. The molecule has 1 aromatic rings. The number of carbonyl (C=O) groups excluding carboxylic acids is 2. The van der Waals surface area contributed by atoms with Crippen molar-refractivity contribution >= 4 is 18.3 Å². The van der Waals surface area contributed by atoms with E-state index in [-0.39, 0.29) is 24.8 Å². The highest BCUT2D eigenvalue weighted by Crippen LogP contribution is 2.13. The Morgan fingerprint density at radius 3 is 2.48 bits per heavy atom. The van der Waals surface area contributed by atoms with Gasteiger partial charge >= 0.3 is 0 Å². The van der Waals surface area contributed by atoms with Gasteiger partial charge in [0.05, 0.1) is 13.2 Å². The summed E-state index contributed by atoms with van der Waals surface area (Å²) in [7, 11) is 0. The summed E-state index contributed by atoms with van der Waals surface area (Å²) in [6.45, 7) is 5.78. The van der Waals surface area contributed by atoms with E-state index in [9.17, 15) is 9.59 Å². The quantitative estimate of drug-likeness (QED) is 0.586. The first-order valence-corrected chi connectivity index (χ1v) is 8.32. The highest BCUT2D eigenvalue weighted by molar-refractivity contribution is 5.94. The number of nitrogens with zero attached hydrogens (tertiary/aromatic N) is 2. The number of amides is 2. The first-order valence-electron chi connectivity index (χ1n) is 8.32. The lowest BCUT2D eigenvalue weighted by atomic mass is 10.1. The predicted molar refractivity (Wildman–Crippen MR) is 93.1 cm³/mol. The van der Waals surface area contributed by atoms with Gasteiger partial charge in [-0.3, -0.25) is 14.4 Å². The van der Waals surface area contributed by atoms with Crippen LogP contribution in [0.1, 0.15) is 19.4 Å². The molecule has 1 aromatic carbocycles. The van der Waals surface area contributed by atoms with Crippen molar-refractivity contribution in [2.24, 2.45) is 0 Å². The molecule has 1 fully saturated rings. The van der Waals surface area contributed by atoms with Gasteiger partial charge in [-0.1, -0.05) is 30.3 Å². The summed E-state index contributed by atoms with van der Waals surface area (Å²) in [5.74, 6) is 0.0203. The summed E-state index contributed by atoms with van der Waals surface area (Å²) in [4.78, 5) is 36.3. The molecule has 0 bridgehead atoms. The van der Waals surface area contributed by atoms with Crippen LogP contribution >= 0.6 is 0 Å². The SMILES string of the molecule is CCOCCN1C(=O)CN(CCc2ccccc2)C(=O)[C@@H]1C.O=CO. The van der Waals surface area contributed by atoms with Gasteiger partial charge in [0.25, 0.3) is 6.47 Å². The third kappa shape index (κ3) is 6.54. The Morgan fingerprint density at radius 2 is 1.88 bits per heavy atom. The summed E-state index contributed by atoms with van der Waals surface area (Å²) in [5, 5.41) is 6.89. The zero-order valence-corrected chi connectivity index (χ0v) is 14.8. The van der Waals surface area contributed by atoms with Gasteiger partial charge in [-0.15, -0.1) is 0 Å². The number of rotatable bonds is 7. The third-order valence-electron chi connectivity index (χ3n) is 3.98. The van der Waals surface area contributed by atoms with E-state index >= 15 is 0 Å². The lowest BCUT2D eigenvalue weighted by Gasteiger charge is -2.38. The number of carboxylic acid groups (broad SMARTS) is 1. The van der Waals surface area contributed by atoms with Gasteiger partial charge in [-0.05, 0) is 25.8 Å². The molecule has 0 spiro atoms. The van der Waals surface area contributed by atoms with Crippen LogP contribution in [0, 0.1) is 0 Å². The minimum Gasteiger partial charge on any atom is -0.483 e.